The van der Waals surface area contributed by atoms with Crippen LogP contribution in [0.5, 0.6) is 5.75 Å². The lowest BCUT2D eigenvalue weighted by atomic mass is 9.96. The van der Waals surface area contributed by atoms with Crippen molar-refractivity contribution < 1.29 is 27.3 Å². The lowest BCUT2D eigenvalue weighted by Crippen LogP contribution is -2.37. The number of rotatable bonds is 7. The standard InChI is InChI=1S/C27H22F2N6O4S/c1-40(38)26-32-13-15-11-21(23-31-8-9-35(23)22(15)34-26)39-20-7-2-14(10-19(20)29)18-12-27(18,24(30)36)25(37)33-17-5-3-16(28)4-6-17/h2-7,10-11,13,18H,8-9,12H2,1H3,(H2,30,36)(H,33,37). The van der Waals surface area contributed by atoms with Crippen LogP contribution in [0.2, 0.25) is 0 Å². The average Bonchev–Trinajstić information content (AvgIpc) is 3.51. The molecule has 6 rings (SSSR count). The van der Waals surface area contributed by atoms with E-state index in [9.17, 15) is 18.2 Å². The molecule has 3 heterocycles. The third kappa shape index (κ3) is 4.31. The number of hydrogen-bond acceptors (Lipinski definition) is 8. The molecule has 3 aliphatic rings. The Morgan fingerprint density at radius 1 is 1.20 bits per heavy atom. The second-order valence-electron chi connectivity index (χ2n) is 9.60. The van der Waals surface area contributed by atoms with Gasteiger partial charge in [-0.3, -0.25) is 18.8 Å². The highest BCUT2D eigenvalue weighted by Gasteiger charge is 2.65. The molecule has 10 nitrogen and oxygen atoms in total. The highest BCUT2D eigenvalue weighted by molar-refractivity contribution is 7.84. The Morgan fingerprint density at radius 3 is 2.67 bits per heavy atom. The van der Waals surface area contributed by atoms with Crippen LogP contribution in [-0.4, -0.2) is 51.2 Å². The minimum atomic E-state index is -1.56. The SMILES string of the molecule is CS(=O)c1ncc2c(n1)N1CCN=C1C(Oc1ccc(C3CC3(C(N)=O)C(=O)Nc3ccc(F)cc3)cc1F)=C2. The van der Waals surface area contributed by atoms with Crippen molar-refractivity contribution in [3.05, 3.63) is 77.2 Å². The van der Waals surface area contributed by atoms with Gasteiger partial charge in [-0.2, -0.15) is 0 Å². The minimum Gasteiger partial charge on any atom is -0.450 e. The van der Waals surface area contributed by atoms with Gasteiger partial charge in [0.05, 0.1) is 17.3 Å². The zero-order valence-electron chi connectivity index (χ0n) is 21.1. The van der Waals surface area contributed by atoms with E-state index in [2.05, 4.69) is 20.3 Å². The van der Waals surface area contributed by atoms with Gasteiger partial charge in [0.25, 0.3) is 0 Å². The van der Waals surface area contributed by atoms with E-state index < -0.39 is 45.6 Å². The number of benzene rings is 2. The number of aliphatic imine (C=N–C) groups is 1. The van der Waals surface area contributed by atoms with Crippen LogP contribution in [0.15, 0.2) is 64.6 Å². The molecule has 1 fully saturated rings. The van der Waals surface area contributed by atoms with Gasteiger partial charge in [0.2, 0.25) is 17.0 Å². The van der Waals surface area contributed by atoms with Gasteiger partial charge in [-0.15, -0.1) is 0 Å². The van der Waals surface area contributed by atoms with Gasteiger partial charge in [-0.25, -0.2) is 18.7 Å². The molecule has 0 spiro atoms. The van der Waals surface area contributed by atoms with E-state index in [-0.39, 0.29) is 17.3 Å². The summed E-state index contributed by atoms with van der Waals surface area (Å²) in [4.78, 5) is 40.2. The number of fused-ring (bicyclic) bond motifs is 3. The van der Waals surface area contributed by atoms with Crippen LogP contribution < -0.4 is 20.7 Å². The average molecular weight is 565 g/mol. The van der Waals surface area contributed by atoms with Gasteiger partial charge < -0.3 is 20.7 Å². The van der Waals surface area contributed by atoms with Crippen molar-refractivity contribution in [3.8, 4) is 5.75 Å². The lowest BCUT2D eigenvalue weighted by Gasteiger charge is -2.27. The largest absolute Gasteiger partial charge is 0.450 e. The molecule has 3 unspecified atom stereocenters. The third-order valence-corrected chi connectivity index (χ3v) is 7.83. The first kappa shape index (κ1) is 25.7. The number of halogens is 2. The predicted molar refractivity (Wildman–Crippen MR) is 143 cm³/mol. The summed E-state index contributed by atoms with van der Waals surface area (Å²) in [7, 11) is -1.36. The summed E-state index contributed by atoms with van der Waals surface area (Å²) in [6, 6.07) is 9.31. The van der Waals surface area contributed by atoms with Crippen LogP contribution in [-0.2, 0) is 20.4 Å². The fraction of sp³-hybridized carbons (Fsp3) is 0.222. The van der Waals surface area contributed by atoms with Gasteiger partial charge in [-0.1, -0.05) is 6.07 Å². The van der Waals surface area contributed by atoms with Crippen LogP contribution >= 0.6 is 0 Å². The zero-order chi connectivity index (χ0) is 28.2. The summed E-state index contributed by atoms with van der Waals surface area (Å²) in [5.41, 5.74) is 5.39. The van der Waals surface area contributed by atoms with E-state index >= 15 is 4.39 Å². The number of nitrogens with two attached hydrogens (primary N) is 1. The number of primary amides is 1. The Hall–Kier alpha value is -4.52. The topological polar surface area (TPSA) is 140 Å². The third-order valence-electron chi connectivity index (χ3n) is 7.12. The molecule has 2 aliphatic heterocycles. The first-order chi connectivity index (χ1) is 19.2. The number of carbonyl (C=O) groups is 2. The van der Waals surface area contributed by atoms with Crippen LogP contribution in [0, 0.1) is 17.0 Å². The van der Waals surface area contributed by atoms with Crippen LogP contribution in [0.3, 0.4) is 0 Å². The highest BCUT2D eigenvalue weighted by Crippen LogP contribution is 2.60. The quantitative estimate of drug-likeness (QED) is 0.332. The number of aromatic nitrogens is 2. The summed E-state index contributed by atoms with van der Waals surface area (Å²) in [6.45, 7) is 0.996. The maximum atomic E-state index is 15.3. The fourth-order valence-corrected chi connectivity index (χ4v) is 5.40. The molecular formula is C27H22F2N6O4S. The number of amidine groups is 1. The number of anilines is 2. The van der Waals surface area contributed by atoms with Crippen LogP contribution in [0.1, 0.15) is 23.5 Å². The Kier molecular flexibility index (Phi) is 6.17. The summed E-state index contributed by atoms with van der Waals surface area (Å²) in [5, 5.41) is 2.79. The smallest absolute Gasteiger partial charge is 0.240 e. The molecule has 0 radical (unpaired) electrons. The number of nitrogens with one attached hydrogen (secondary N) is 1. The Labute approximate surface area is 229 Å². The highest BCUT2D eigenvalue weighted by atomic mass is 32.2. The number of nitrogens with zero attached hydrogens (tertiary/aromatic N) is 4. The Morgan fingerprint density at radius 2 is 1.98 bits per heavy atom. The number of ether oxygens (including phenoxy) is 1. The molecule has 3 atom stereocenters. The minimum absolute atomic E-state index is 0.0821. The lowest BCUT2D eigenvalue weighted by molar-refractivity contribution is -0.132. The van der Waals surface area contributed by atoms with Gasteiger partial charge in [0, 0.05) is 36.2 Å². The summed E-state index contributed by atoms with van der Waals surface area (Å²) < 4.78 is 46.3. The predicted octanol–water partition coefficient (Wildman–Crippen LogP) is 2.74. The van der Waals surface area contributed by atoms with E-state index in [1.807, 2.05) is 0 Å². The van der Waals surface area contributed by atoms with Crippen molar-refractivity contribution in [1.29, 1.82) is 0 Å². The molecule has 204 valence electrons. The van der Waals surface area contributed by atoms with Crippen molar-refractivity contribution in [2.75, 3.05) is 29.6 Å². The molecule has 1 aliphatic carbocycles. The maximum Gasteiger partial charge on any atom is 0.240 e. The molecule has 3 aromatic rings. The molecule has 0 bridgehead atoms. The molecule has 3 N–H and O–H groups in total. The van der Waals surface area contributed by atoms with Crippen molar-refractivity contribution in [2.24, 2.45) is 16.1 Å². The Bertz CT molecular complexity index is 1660. The van der Waals surface area contributed by atoms with Crippen LogP contribution in [0.25, 0.3) is 6.08 Å². The molecule has 1 saturated carbocycles. The summed E-state index contributed by atoms with van der Waals surface area (Å²) in [5.74, 6) is -2.05. The fourth-order valence-electron chi connectivity index (χ4n) is 4.98. The van der Waals surface area contributed by atoms with E-state index in [4.69, 9.17) is 10.5 Å². The van der Waals surface area contributed by atoms with E-state index in [0.29, 0.717) is 47.3 Å². The Balaban J connectivity index is 1.24. The first-order valence-electron chi connectivity index (χ1n) is 12.3. The maximum absolute atomic E-state index is 15.3. The zero-order valence-corrected chi connectivity index (χ0v) is 21.9. The number of carbonyl (C=O) groups excluding carboxylic acids is 2. The molecule has 1 aromatic heterocycles. The molecule has 0 saturated heterocycles. The van der Waals surface area contributed by atoms with Crippen molar-refractivity contribution in [2.45, 2.75) is 17.5 Å². The van der Waals surface area contributed by atoms with E-state index in [1.54, 1.807) is 17.0 Å². The second-order valence-corrected chi connectivity index (χ2v) is 10.9. The van der Waals surface area contributed by atoms with E-state index in [1.165, 1.54) is 48.9 Å². The van der Waals surface area contributed by atoms with Gasteiger partial charge in [-0.05, 0) is 54.5 Å². The summed E-state index contributed by atoms with van der Waals surface area (Å²) >= 11 is 0. The monoisotopic (exact) mass is 564 g/mol. The van der Waals surface area contributed by atoms with Crippen molar-refractivity contribution >= 4 is 46.0 Å². The number of hydrogen-bond donors (Lipinski definition) is 2. The molecule has 2 aromatic carbocycles. The van der Waals surface area contributed by atoms with Crippen LogP contribution in [0.4, 0.5) is 20.3 Å². The molecule has 2 amide bonds. The van der Waals surface area contributed by atoms with Crippen molar-refractivity contribution in [1.82, 2.24) is 9.97 Å². The van der Waals surface area contributed by atoms with Gasteiger partial charge in [0.15, 0.2) is 23.2 Å². The van der Waals surface area contributed by atoms with Crippen molar-refractivity contribution in [3.63, 3.8) is 0 Å². The molecule has 40 heavy (non-hydrogen) atoms. The molecule has 13 heteroatoms. The second kappa shape index (κ2) is 9.59. The van der Waals surface area contributed by atoms with Gasteiger partial charge in [0.1, 0.15) is 17.1 Å². The first-order valence-corrected chi connectivity index (χ1v) is 13.8. The number of amides is 2. The van der Waals surface area contributed by atoms with Gasteiger partial charge >= 0.3 is 0 Å². The molecular weight excluding hydrogens is 542 g/mol. The van der Waals surface area contributed by atoms with E-state index in [0.717, 1.165) is 0 Å². The normalized spacial score (nSPS) is 21.5. The summed E-state index contributed by atoms with van der Waals surface area (Å²) in [6.07, 6.45) is 4.77.